The summed E-state index contributed by atoms with van der Waals surface area (Å²) in [4.78, 5) is 17.4. The van der Waals surface area contributed by atoms with Gasteiger partial charge in [-0.3, -0.25) is 9.89 Å². The summed E-state index contributed by atoms with van der Waals surface area (Å²) in [6, 6.07) is 10.1. The van der Waals surface area contributed by atoms with Crippen LogP contribution in [-0.4, -0.2) is 31.8 Å². The standard InChI is InChI=1S/C14H11N3O2S2/c18-10-5-3-9(4-6-10)11(19)8-21-14-15-13(16-17-14)12-2-1-7-20-12/h1-7,18H,8H2,(H,15,16,17). The van der Waals surface area contributed by atoms with Crippen molar-refractivity contribution in [3.8, 4) is 16.5 Å². The first kappa shape index (κ1) is 13.8. The fourth-order valence-corrected chi connectivity index (χ4v) is 3.05. The van der Waals surface area contributed by atoms with E-state index < -0.39 is 0 Å². The number of phenolic OH excluding ortho intramolecular Hbond substituents is 1. The van der Waals surface area contributed by atoms with Gasteiger partial charge in [-0.2, -0.15) is 0 Å². The summed E-state index contributed by atoms with van der Waals surface area (Å²) in [5, 5.41) is 18.7. The Morgan fingerprint density at radius 2 is 2.10 bits per heavy atom. The number of hydrogen-bond donors (Lipinski definition) is 2. The lowest BCUT2D eigenvalue weighted by Crippen LogP contribution is -2.02. The maximum absolute atomic E-state index is 12.0. The van der Waals surface area contributed by atoms with Crippen LogP contribution in [0.5, 0.6) is 5.75 Å². The monoisotopic (exact) mass is 317 g/mol. The van der Waals surface area contributed by atoms with Crippen LogP contribution in [-0.2, 0) is 0 Å². The molecule has 0 fully saturated rings. The van der Waals surface area contributed by atoms with Gasteiger partial charge in [-0.1, -0.05) is 17.8 Å². The molecule has 3 aromatic rings. The molecule has 0 amide bonds. The van der Waals surface area contributed by atoms with Crippen molar-refractivity contribution in [2.45, 2.75) is 5.16 Å². The van der Waals surface area contributed by atoms with Gasteiger partial charge in [-0.15, -0.1) is 16.4 Å². The van der Waals surface area contributed by atoms with Crippen molar-refractivity contribution in [3.63, 3.8) is 0 Å². The number of hydrogen-bond acceptors (Lipinski definition) is 6. The minimum atomic E-state index is -0.0255. The highest BCUT2D eigenvalue weighted by molar-refractivity contribution is 7.99. The number of carbonyl (C=O) groups is 1. The Kier molecular flexibility index (Phi) is 4.03. The van der Waals surface area contributed by atoms with Gasteiger partial charge in [-0.25, -0.2) is 4.98 Å². The predicted molar refractivity (Wildman–Crippen MR) is 82.9 cm³/mol. The van der Waals surface area contributed by atoms with Crippen LogP contribution in [0.25, 0.3) is 10.7 Å². The second-order valence-corrected chi connectivity index (χ2v) is 6.09. The number of benzene rings is 1. The van der Waals surface area contributed by atoms with Crippen LogP contribution in [0.2, 0.25) is 0 Å². The largest absolute Gasteiger partial charge is 0.508 e. The second kappa shape index (κ2) is 6.11. The first-order valence-corrected chi connectivity index (χ1v) is 8.00. The number of aromatic amines is 1. The highest BCUT2D eigenvalue weighted by Crippen LogP contribution is 2.23. The number of nitrogens with one attached hydrogen (secondary N) is 1. The molecule has 21 heavy (non-hydrogen) atoms. The third kappa shape index (κ3) is 3.32. The van der Waals surface area contributed by atoms with Crippen LogP contribution in [0.1, 0.15) is 10.4 Å². The number of phenols is 1. The smallest absolute Gasteiger partial charge is 0.209 e. The molecule has 0 saturated heterocycles. The summed E-state index contributed by atoms with van der Waals surface area (Å²) >= 11 is 2.86. The van der Waals surface area contributed by atoms with E-state index in [0.29, 0.717) is 16.5 Å². The predicted octanol–water partition coefficient (Wildman–Crippen LogP) is 3.21. The molecule has 2 N–H and O–H groups in total. The number of rotatable bonds is 5. The highest BCUT2D eigenvalue weighted by Gasteiger charge is 2.11. The van der Waals surface area contributed by atoms with Crippen LogP contribution in [0.15, 0.2) is 46.9 Å². The van der Waals surface area contributed by atoms with Crippen molar-refractivity contribution in [1.29, 1.82) is 0 Å². The van der Waals surface area contributed by atoms with Crippen LogP contribution in [0, 0.1) is 0 Å². The lowest BCUT2D eigenvalue weighted by Gasteiger charge is -1.99. The van der Waals surface area contributed by atoms with Crippen molar-refractivity contribution in [2.24, 2.45) is 0 Å². The number of aromatic hydroxyl groups is 1. The Hall–Kier alpha value is -2.12. The Morgan fingerprint density at radius 3 is 2.81 bits per heavy atom. The number of thioether (sulfide) groups is 1. The normalized spacial score (nSPS) is 10.7. The minimum absolute atomic E-state index is 0.0255. The quantitative estimate of drug-likeness (QED) is 0.558. The first-order valence-electron chi connectivity index (χ1n) is 6.14. The van der Waals surface area contributed by atoms with Gasteiger partial charge in [0.05, 0.1) is 10.6 Å². The number of Topliss-reactive ketones (excluding diaryl/α,β-unsaturated/α-hetero) is 1. The van der Waals surface area contributed by atoms with E-state index in [0.717, 1.165) is 4.88 Å². The van der Waals surface area contributed by atoms with Gasteiger partial charge < -0.3 is 5.11 Å². The van der Waals surface area contributed by atoms with Crippen molar-refractivity contribution in [1.82, 2.24) is 15.2 Å². The molecule has 3 rings (SSSR count). The van der Waals surface area contributed by atoms with E-state index in [9.17, 15) is 9.90 Å². The number of thiophene rings is 1. The lowest BCUT2D eigenvalue weighted by molar-refractivity contribution is 0.102. The molecule has 0 radical (unpaired) electrons. The van der Waals surface area contributed by atoms with Crippen molar-refractivity contribution < 1.29 is 9.90 Å². The van der Waals surface area contributed by atoms with Gasteiger partial charge in [0.2, 0.25) is 5.16 Å². The zero-order chi connectivity index (χ0) is 14.7. The summed E-state index contributed by atoms with van der Waals surface area (Å²) < 4.78 is 0. The molecule has 0 saturated carbocycles. The Balaban J connectivity index is 1.62. The summed E-state index contributed by atoms with van der Waals surface area (Å²) in [5.74, 6) is 1.09. The fourth-order valence-electron chi connectivity index (χ4n) is 1.70. The Morgan fingerprint density at radius 1 is 1.29 bits per heavy atom. The van der Waals surface area contributed by atoms with Crippen LogP contribution < -0.4 is 0 Å². The Bertz CT molecular complexity index is 736. The second-order valence-electron chi connectivity index (χ2n) is 4.20. The van der Waals surface area contributed by atoms with E-state index in [1.807, 2.05) is 17.5 Å². The maximum Gasteiger partial charge on any atom is 0.209 e. The molecular formula is C14H11N3O2S2. The van der Waals surface area contributed by atoms with E-state index in [-0.39, 0.29) is 17.3 Å². The summed E-state index contributed by atoms with van der Waals surface area (Å²) in [5.41, 5.74) is 0.564. The molecule has 0 aliphatic rings. The molecule has 0 atom stereocenters. The third-order valence-corrected chi connectivity index (χ3v) is 4.46. The lowest BCUT2D eigenvalue weighted by atomic mass is 10.1. The molecule has 1 aromatic carbocycles. The summed E-state index contributed by atoms with van der Waals surface area (Å²) in [7, 11) is 0. The number of ketones is 1. The topological polar surface area (TPSA) is 78.9 Å². The molecule has 0 unspecified atom stereocenters. The van der Waals surface area contributed by atoms with Gasteiger partial charge in [0, 0.05) is 5.56 Å². The van der Waals surface area contributed by atoms with Gasteiger partial charge >= 0.3 is 0 Å². The highest BCUT2D eigenvalue weighted by atomic mass is 32.2. The third-order valence-electron chi connectivity index (χ3n) is 2.74. The van der Waals surface area contributed by atoms with Crippen molar-refractivity contribution in [2.75, 3.05) is 5.75 Å². The van der Waals surface area contributed by atoms with Crippen LogP contribution >= 0.6 is 23.1 Å². The van der Waals surface area contributed by atoms with Crippen LogP contribution in [0.4, 0.5) is 0 Å². The van der Waals surface area contributed by atoms with E-state index in [1.54, 1.807) is 23.5 Å². The zero-order valence-electron chi connectivity index (χ0n) is 10.8. The average molecular weight is 317 g/mol. The molecule has 5 nitrogen and oxygen atoms in total. The van der Waals surface area contributed by atoms with Gasteiger partial charge in [0.25, 0.3) is 0 Å². The van der Waals surface area contributed by atoms with E-state index in [2.05, 4.69) is 15.2 Å². The fraction of sp³-hybridized carbons (Fsp3) is 0.0714. The molecule has 0 bridgehead atoms. The van der Waals surface area contributed by atoms with E-state index in [4.69, 9.17) is 0 Å². The summed E-state index contributed by atoms with van der Waals surface area (Å²) in [6.45, 7) is 0. The molecular weight excluding hydrogens is 306 g/mol. The Labute approximate surface area is 129 Å². The minimum Gasteiger partial charge on any atom is -0.508 e. The van der Waals surface area contributed by atoms with E-state index >= 15 is 0 Å². The molecule has 0 spiro atoms. The number of carbonyl (C=O) groups excluding carboxylic acids is 1. The maximum atomic E-state index is 12.0. The van der Waals surface area contributed by atoms with Crippen molar-refractivity contribution >= 4 is 28.9 Å². The SMILES string of the molecule is O=C(CSc1n[nH]c(-c2cccs2)n1)c1ccc(O)cc1. The van der Waals surface area contributed by atoms with Gasteiger partial charge in [-0.05, 0) is 35.7 Å². The molecule has 2 heterocycles. The van der Waals surface area contributed by atoms with Gasteiger partial charge in [0.1, 0.15) is 5.75 Å². The first-order chi connectivity index (χ1) is 10.2. The van der Waals surface area contributed by atoms with Crippen molar-refractivity contribution in [3.05, 3.63) is 47.3 Å². The van der Waals surface area contributed by atoms with Gasteiger partial charge in [0.15, 0.2) is 11.6 Å². The summed E-state index contributed by atoms with van der Waals surface area (Å²) in [6.07, 6.45) is 0. The number of H-pyrrole nitrogens is 1. The number of nitrogens with zero attached hydrogens (tertiary/aromatic N) is 2. The molecule has 106 valence electrons. The number of aromatic nitrogens is 3. The zero-order valence-corrected chi connectivity index (χ0v) is 12.4. The molecule has 2 aromatic heterocycles. The average Bonchev–Trinajstić information content (AvgIpc) is 3.16. The van der Waals surface area contributed by atoms with E-state index in [1.165, 1.54) is 23.9 Å². The van der Waals surface area contributed by atoms with Crippen LogP contribution in [0.3, 0.4) is 0 Å². The molecule has 7 heteroatoms. The molecule has 0 aliphatic carbocycles. The molecule has 0 aliphatic heterocycles.